The van der Waals surface area contributed by atoms with Gasteiger partial charge in [0, 0.05) is 31.4 Å². The van der Waals surface area contributed by atoms with E-state index in [0.29, 0.717) is 0 Å². The van der Waals surface area contributed by atoms with E-state index < -0.39 is 0 Å². The van der Waals surface area contributed by atoms with Crippen molar-refractivity contribution in [2.45, 2.75) is 19.1 Å². The van der Waals surface area contributed by atoms with E-state index in [0.717, 1.165) is 37.3 Å². The molecular weight excluding hydrogens is 236 g/mol. The highest BCUT2D eigenvalue weighted by Gasteiger charge is 2.19. The maximum Gasteiger partial charge on any atom is 0.0702 e. The molecule has 1 atom stereocenters. The van der Waals surface area contributed by atoms with E-state index in [1.165, 1.54) is 5.56 Å². The van der Waals surface area contributed by atoms with Gasteiger partial charge in [-0.3, -0.25) is 9.88 Å². The topological polar surface area (TPSA) is 36.4 Å². The molecule has 0 unspecified atom stereocenters. The molecule has 0 saturated carbocycles. The molecule has 98 valence electrons. The van der Waals surface area contributed by atoms with Crippen molar-refractivity contribution in [1.29, 1.82) is 0 Å². The van der Waals surface area contributed by atoms with E-state index in [9.17, 15) is 5.11 Å². The van der Waals surface area contributed by atoms with Gasteiger partial charge in [0.1, 0.15) is 0 Å². The molecule has 0 aliphatic carbocycles. The van der Waals surface area contributed by atoms with Gasteiger partial charge in [-0.05, 0) is 30.2 Å². The molecule has 1 aromatic heterocycles. The third kappa shape index (κ3) is 3.00. The van der Waals surface area contributed by atoms with Crippen molar-refractivity contribution in [1.82, 2.24) is 9.88 Å². The number of hydrogen-bond donors (Lipinski definition) is 1. The van der Waals surface area contributed by atoms with Crippen LogP contribution in [0.25, 0.3) is 11.3 Å². The third-order valence-corrected chi connectivity index (χ3v) is 3.54. The number of aliphatic hydroxyl groups excluding tert-OH is 1. The normalized spacial score (nSPS) is 19.7. The lowest BCUT2D eigenvalue weighted by atomic mass is 10.1. The van der Waals surface area contributed by atoms with Gasteiger partial charge in [-0.2, -0.15) is 0 Å². The minimum Gasteiger partial charge on any atom is -0.392 e. The lowest BCUT2D eigenvalue weighted by Crippen LogP contribution is -2.21. The minimum absolute atomic E-state index is 0.154. The summed E-state index contributed by atoms with van der Waals surface area (Å²) < 4.78 is 0. The van der Waals surface area contributed by atoms with Crippen molar-refractivity contribution in [3.8, 4) is 11.3 Å². The van der Waals surface area contributed by atoms with Crippen molar-refractivity contribution in [2.24, 2.45) is 0 Å². The fourth-order valence-electron chi connectivity index (χ4n) is 2.58. The van der Waals surface area contributed by atoms with Crippen LogP contribution in [0.1, 0.15) is 12.0 Å². The first-order chi connectivity index (χ1) is 9.31. The molecule has 3 heteroatoms. The van der Waals surface area contributed by atoms with Crippen LogP contribution in [0.4, 0.5) is 0 Å². The Morgan fingerprint density at radius 2 is 2.16 bits per heavy atom. The number of likely N-dealkylation sites (tertiary alicyclic amines) is 1. The van der Waals surface area contributed by atoms with Crippen LogP contribution in [0.3, 0.4) is 0 Å². The molecule has 1 saturated heterocycles. The van der Waals surface area contributed by atoms with Crippen LogP contribution in [-0.2, 0) is 6.54 Å². The summed E-state index contributed by atoms with van der Waals surface area (Å²) in [6.45, 7) is 2.67. The summed E-state index contributed by atoms with van der Waals surface area (Å²) >= 11 is 0. The summed E-state index contributed by atoms with van der Waals surface area (Å²) in [7, 11) is 0. The van der Waals surface area contributed by atoms with Gasteiger partial charge in [-0.15, -0.1) is 0 Å². The fraction of sp³-hybridized carbons (Fsp3) is 0.312. The smallest absolute Gasteiger partial charge is 0.0702 e. The van der Waals surface area contributed by atoms with E-state index >= 15 is 0 Å². The molecular formula is C16H18N2O. The number of benzene rings is 1. The maximum atomic E-state index is 9.56. The summed E-state index contributed by atoms with van der Waals surface area (Å²) in [5, 5.41) is 9.56. The van der Waals surface area contributed by atoms with E-state index in [2.05, 4.69) is 34.1 Å². The van der Waals surface area contributed by atoms with Crippen molar-refractivity contribution in [3.63, 3.8) is 0 Å². The first kappa shape index (κ1) is 12.3. The Morgan fingerprint density at radius 3 is 2.89 bits per heavy atom. The largest absolute Gasteiger partial charge is 0.392 e. The lowest BCUT2D eigenvalue weighted by molar-refractivity contribution is 0.175. The average Bonchev–Trinajstić information content (AvgIpc) is 2.85. The number of pyridine rings is 1. The molecule has 1 aromatic carbocycles. The quantitative estimate of drug-likeness (QED) is 0.913. The summed E-state index contributed by atoms with van der Waals surface area (Å²) in [5.41, 5.74) is 3.43. The molecule has 0 amide bonds. The van der Waals surface area contributed by atoms with Crippen molar-refractivity contribution >= 4 is 0 Å². The number of rotatable bonds is 3. The fourth-order valence-corrected chi connectivity index (χ4v) is 2.58. The van der Waals surface area contributed by atoms with Crippen molar-refractivity contribution < 1.29 is 5.11 Å². The Labute approximate surface area is 113 Å². The molecule has 3 rings (SSSR count). The molecule has 3 nitrogen and oxygen atoms in total. The molecule has 2 heterocycles. The molecule has 0 bridgehead atoms. The molecule has 1 fully saturated rings. The minimum atomic E-state index is -0.154. The van der Waals surface area contributed by atoms with Gasteiger partial charge in [0.05, 0.1) is 11.8 Å². The van der Waals surface area contributed by atoms with Gasteiger partial charge < -0.3 is 5.11 Å². The predicted octanol–water partition coefficient (Wildman–Crippen LogP) is 2.32. The van der Waals surface area contributed by atoms with Gasteiger partial charge in [0.25, 0.3) is 0 Å². The molecule has 2 aromatic rings. The Bertz CT molecular complexity index is 541. The molecule has 0 spiro atoms. The first-order valence-corrected chi connectivity index (χ1v) is 6.72. The van der Waals surface area contributed by atoms with Crippen LogP contribution >= 0.6 is 0 Å². The second kappa shape index (κ2) is 5.51. The maximum absolute atomic E-state index is 9.56. The zero-order valence-corrected chi connectivity index (χ0v) is 10.9. The van der Waals surface area contributed by atoms with Crippen LogP contribution in [-0.4, -0.2) is 34.2 Å². The Balaban J connectivity index is 1.77. The van der Waals surface area contributed by atoms with E-state index in [4.69, 9.17) is 0 Å². The Kier molecular flexibility index (Phi) is 3.58. The van der Waals surface area contributed by atoms with Crippen LogP contribution in [0.15, 0.2) is 48.7 Å². The highest BCUT2D eigenvalue weighted by Crippen LogP contribution is 2.20. The highest BCUT2D eigenvalue weighted by atomic mass is 16.3. The monoisotopic (exact) mass is 254 g/mol. The number of aromatic nitrogens is 1. The number of β-amino-alcohol motifs (C(OH)–C–C–N with tert-alkyl or cyclic N) is 1. The standard InChI is InChI=1S/C16H18N2O/c19-15-7-9-18(12-15)11-13-4-3-5-14(10-13)16-6-1-2-8-17-16/h1-6,8,10,15,19H,7,9,11-12H2/t15-/m0/s1. The lowest BCUT2D eigenvalue weighted by Gasteiger charge is -2.15. The molecule has 1 aliphatic heterocycles. The second-order valence-electron chi connectivity index (χ2n) is 5.09. The van der Waals surface area contributed by atoms with Gasteiger partial charge in [0.2, 0.25) is 0 Å². The first-order valence-electron chi connectivity index (χ1n) is 6.72. The van der Waals surface area contributed by atoms with Gasteiger partial charge in [0.15, 0.2) is 0 Å². The summed E-state index contributed by atoms with van der Waals surface area (Å²) in [6.07, 6.45) is 2.55. The van der Waals surface area contributed by atoms with Gasteiger partial charge in [-0.1, -0.05) is 24.3 Å². The average molecular weight is 254 g/mol. The molecule has 1 aliphatic rings. The number of nitrogens with zero attached hydrogens (tertiary/aromatic N) is 2. The predicted molar refractivity (Wildman–Crippen MR) is 75.6 cm³/mol. The number of hydrogen-bond acceptors (Lipinski definition) is 3. The van der Waals surface area contributed by atoms with E-state index in [1.807, 2.05) is 24.4 Å². The van der Waals surface area contributed by atoms with Crippen molar-refractivity contribution in [2.75, 3.05) is 13.1 Å². The third-order valence-electron chi connectivity index (χ3n) is 3.54. The summed E-state index contributed by atoms with van der Waals surface area (Å²) in [6, 6.07) is 14.4. The Hall–Kier alpha value is -1.71. The van der Waals surface area contributed by atoms with Crippen molar-refractivity contribution in [3.05, 3.63) is 54.2 Å². The zero-order valence-electron chi connectivity index (χ0n) is 10.9. The van der Waals surface area contributed by atoms with E-state index in [1.54, 1.807) is 0 Å². The zero-order chi connectivity index (χ0) is 13.1. The van der Waals surface area contributed by atoms with E-state index in [-0.39, 0.29) is 6.10 Å². The summed E-state index contributed by atoms with van der Waals surface area (Å²) in [4.78, 5) is 6.67. The molecule has 1 N–H and O–H groups in total. The molecule has 19 heavy (non-hydrogen) atoms. The van der Waals surface area contributed by atoms with Crippen LogP contribution in [0.5, 0.6) is 0 Å². The van der Waals surface area contributed by atoms with Gasteiger partial charge in [-0.25, -0.2) is 0 Å². The SMILES string of the molecule is O[C@H]1CCN(Cc2cccc(-c3ccccn3)c2)C1. The van der Waals surface area contributed by atoms with Crippen LogP contribution in [0, 0.1) is 0 Å². The number of aliphatic hydroxyl groups is 1. The second-order valence-corrected chi connectivity index (χ2v) is 5.09. The highest BCUT2D eigenvalue weighted by molar-refractivity contribution is 5.59. The Morgan fingerprint density at radius 1 is 1.21 bits per heavy atom. The van der Waals surface area contributed by atoms with Gasteiger partial charge >= 0.3 is 0 Å². The van der Waals surface area contributed by atoms with Crippen LogP contribution < -0.4 is 0 Å². The van der Waals surface area contributed by atoms with Crippen LogP contribution in [0.2, 0.25) is 0 Å². The molecule has 0 radical (unpaired) electrons. The summed E-state index contributed by atoms with van der Waals surface area (Å²) in [5.74, 6) is 0.